The second-order valence-electron chi connectivity index (χ2n) is 5.42. The molecular weight excluding hydrogens is 260 g/mol. The Labute approximate surface area is 121 Å². The topological polar surface area (TPSA) is 45.8 Å². The van der Waals surface area contributed by atoms with Crippen molar-refractivity contribution in [2.24, 2.45) is 0 Å². The molecule has 3 heteroatoms. The van der Waals surface area contributed by atoms with Gasteiger partial charge >= 0.3 is 0 Å². The molecular formula is C18H14N2O. The number of hydrogen-bond donors (Lipinski definition) is 1. The fraction of sp³-hybridized carbons (Fsp3) is 0.111. The van der Waals surface area contributed by atoms with Crippen LogP contribution in [0.3, 0.4) is 0 Å². The summed E-state index contributed by atoms with van der Waals surface area (Å²) in [5.41, 5.74) is 4.64. The molecule has 2 heterocycles. The van der Waals surface area contributed by atoms with Crippen molar-refractivity contribution in [1.82, 2.24) is 9.97 Å². The summed E-state index contributed by atoms with van der Waals surface area (Å²) < 4.78 is 0. The molecule has 0 fully saturated rings. The Morgan fingerprint density at radius 3 is 2.57 bits per heavy atom. The normalized spacial score (nSPS) is 11.5. The van der Waals surface area contributed by atoms with Crippen LogP contribution in [-0.2, 0) is 0 Å². The molecule has 0 unspecified atom stereocenters. The highest BCUT2D eigenvalue weighted by atomic mass is 16.1. The number of nitrogens with one attached hydrogen (secondary N) is 1. The van der Waals surface area contributed by atoms with E-state index < -0.39 is 0 Å². The minimum absolute atomic E-state index is 0.0488. The Morgan fingerprint density at radius 1 is 0.952 bits per heavy atom. The number of fused-ring (bicyclic) bond motifs is 4. The zero-order valence-electron chi connectivity index (χ0n) is 11.9. The summed E-state index contributed by atoms with van der Waals surface area (Å²) in [6.45, 7) is 3.94. The van der Waals surface area contributed by atoms with Crippen molar-refractivity contribution in [3.8, 4) is 0 Å². The van der Waals surface area contributed by atoms with E-state index in [1.165, 1.54) is 0 Å². The van der Waals surface area contributed by atoms with Crippen molar-refractivity contribution in [3.05, 3.63) is 63.9 Å². The lowest BCUT2D eigenvalue weighted by molar-refractivity contribution is 1.26. The molecule has 0 amide bonds. The maximum absolute atomic E-state index is 12.8. The average molecular weight is 274 g/mol. The number of aryl methyl sites for hydroxylation is 2. The smallest absolute Gasteiger partial charge is 0.199 e. The summed E-state index contributed by atoms with van der Waals surface area (Å²) >= 11 is 0. The van der Waals surface area contributed by atoms with Crippen molar-refractivity contribution >= 4 is 32.7 Å². The number of pyridine rings is 2. The Kier molecular flexibility index (Phi) is 2.39. The highest BCUT2D eigenvalue weighted by molar-refractivity contribution is 6.08. The molecule has 102 valence electrons. The van der Waals surface area contributed by atoms with E-state index in [2.05, 4.69) is 9.97 Å². The summed E-state index contributed by atoms with van der Waals surface area (Å²) in [5, 5.41) is 2.40. The second-order valence-corrected chi connectivity index (χ2v) is 5.42. The van der Waals surface area contributed by atoms with E-state index in [9.17, 15) is 4.79 Å². The van der Waals surface area contributed by atoms with E-state index in [-0.39, 0.29) is 5.43 Å². The first-order valence-electron chi connectivity index (χ1n) is 6.97. The summed E-state index contributed by atoms with van der Waals surface area (Å²) in [5.74, 6) is 0. The minimum Gasteiger partial charge on any atom is -0.354 e. The maximum Gasteiger partial charge on any atom is 0.199 e. The lowest BCUT2D eigenvalue weighted by Crippen LogP contribution is -2.07. The van der Waals surface area contributed by atoms with Crippen LogP contribution in [0, 0.1) is 13.8 Å². The van der Waals surface area contributed by atoms with Gasteiger partial charge in [-0.3, -0.25) is 9.78 Å². The number of nitrogens with zero attached hydrogens (tertiary/aromatic N) is 1. The van der Waals surface area contributed by atoms with Crippen molar-refractivity contribution in [2.75, 3.05) is 0 Å². The molecule has 0 atom stereocenters. The van der Waals surface area contributed by atoms with Crippen LogP contribution in [0.4, 0.5) is 0 Å². The summed E-state index contributed by atoms with van der Waals surface area (Å²) in [6.07, 6.45) is 0. The molecule has 0 saturated carbocycles. The van der Waals surface area contributed by atoms with Crippen molar-refractivity contribution in [2.45, 2.75) is 13.8 Å². The fourth-order valence-electron chi connectivity index (χ4n) is 3.02. The molecule has 4 aromatic rings. The van der Waals surface area contributed by atoms with Gasteiger partial charge in [0.2, 0.25) is 0 Å². The SMILES string of the molecule is Cc1cccc2c1nc(C)c1c(=O)c3ccccc3[nH]c12. The first-order valence-corrected chi connectivity index (χ1v) is 6.97. The standard InChI is InChI=1S/C18H14N2O/c1-10-6-5-8-13-16(10)19-11(2)15-17(13)20-14-9-4-3-7-12(14)18(15)21/h3-9H,1-2H3,(H,20,21). The van der Waals surface area contributed by atoms with Gasteiger partial charge in [0.15, 0.2) is 5.43 Å². The number of para-hydroxylation sites is 2. The van der Waals surface area contributed by atoms with Gasteiger partial charge in [-0.1, -0.05) is 30.3 Å². The van der Waals surface area contributed by atoms with Gasteiger partial charge in [0.05, 0.1) is 22.1 Å². The molecule has 0 aliphatic carbocycles. The Balaban J connectivity index is 2.39. The predicted octanol–water partition coefficient (Wildman–Crippen LogP) is 3.85. The number of aromatic amines is 1. The average Bonchev–Trinajstić information content (AvgIpc) is 2.48. The molecule has 4 rings (SSSR count). The van der Waals surface area contributed by atoms with Crippen LogP contribution < -0.4 is 5.43 Å². The van der Waals surface area contributed by atoms with Gasteiger partial charge in [-0.25, -0.2) is 0 Å². The van der Waals surface area contributed by atoms with E-state index in [1.54, 1.807) is 0 Å². The predicted molar refractivity (Wildman–Crippen MR) is 86.8 cm³/mol. The minimum atomic E-state index is 0.0488. The van der Waals surface area contributed by atoms with E-state index in [1.807, 2.05) is 56.3 Å². The van der Waals surface area contributed by atoms with Crippen molar-refractivity contribution < 1.29 is 0 Å². The van der Waals surface area contributed by atoms with Crippen LogP contribution >= 0.6 is 0 Å². The van der Waals surface area contributed by atoms with Crippen LogP contribution in [0.5, 0.6) is 0 Å². The Bertz CT molecular complexity index is 1080. The molecule has 2 aromatic heterocycles. The number of H-pyrrole nitrogens is 1. The molecule has 0 radical (unpaired) electrons. The summed E-state index contributed by atoms with van der Waals surface area (Å²) in [7, 11) is 0. The molecule has 0 spiro atoms. The largest absolute Gasteiger partial charge is 0.354 e. The van der Waals surface area contributed by atoms with E-state index >= 15 is 0 Å². The molecule has 3 nitrogen and oxygen atoms in total. The van der Waals surface area contributed by atoms with Gasteiger partial charge < -0.3 is 4.98 Å². The van der Waals surface area contributed by atoms with Crippen LogP contribution in [0.2, 0.25) is 0 Å². The van der Waals surface area contributed by atoms with E-state index in [0.29, 0.717) is 10.8 Å². The van der Waals surface area contributed by atoms with Crippen molar-refractivity contribution in [1.29, 1.82) is 0 Å². The van der Waals surface area contributed by atoms with E-state index in [4.69, 9.17) is 0 Å². The molecule has 0 saturated heterocycles. The zero-order chi connectivity index (χ0) is 14.6. The lowest BCUT2D eigenvalue weighted by Gasteiger charge is -2.09. The first kappa shape index (κ1) is 12.1. The molecule has 2 aromatic carbocycles. The fourth-order valence-corrected chi connectivity index (χ4v) is 3.02. The maximum atomic E-state index is 12.8. The number of rotatable bonds is 0. The molecule has 21 heavy (non-hydrogen) atoms. The summed E-state index contributed by atoms with van der Waals surface area (Å²) in [4.78, 5) is 20.8. The monoisotopic (exact) mass is 274 g/mol. The highest BCUT2D eigenvalue weighted by Crippen LogP contribution is 2.26. The first-order chi connectivity index (χ1) is 10.2. The quantitative estimate of drug-likeness (QED) is 0.391. The van der Waals surface area contributed by atoms with Crippen LogP contribution in [0.1, 0.15) is 11.3 Å². The molecule has 0 aliphatic rings. The third-order valence-electron chi connectivity index (χ3n) is 4.06. The van der Waals surface area contributed by atoms with Gasteiger partial charge in [-0.15, -0.1) is 0 Å². The van der Waals surface area contributed by atoms with Gasteiger partial charge in [0.25, 0.3) is 0 Å². The Morgan fingerprint density at radius 2 is 1.71 bits per heavy atom. The van der Waals surface area contributed by atoms with Crippen molar-refractivity contribution in [3.63, 3.8) is 0 Å². The van der Waals surface area contributed by atoms with Crippen LogP contribution in [0.15, 0.2) is 47.3 Å². The third kappa shape index (κ3) is 1.61. The third-order valence-corrected chi connectivity index (χ3v) is 4.06. The Hall–Kier alpha value is -2.68. The van der Waals surface area contributed by atoms with Gasteiger partial charge in [0, 0.05) is 16.3 Å². The van der Waals surface area contributed by atoms with E-state index in [0.717, 1.165) is 33.2 Å². The molecule has 0 bridgehead atoms. The van der Waals surface area contributed by atoms with Gasteiger partial charge in [-0.05, 0) is 31.5 Å². The highest BCUT2D eigenvalue weighted by Gasteiger charge is 2.12. The molecule has 1 N–H and O–H groups in total. The lowest BCUT2D eigenvalue weighted by atomic mass is 10.0. The van der Waals surface area contributed by atoms with Crippen LogP contribution in [-0.4, -0.2) is 9.97 Å². The number of benzene rings is 2. The zero-order valence-corrected chi connectivity index (χ0v) is 11.9. The van der Waals surface area contributed by atoms with Gasteiger partial charge in [0.1, 0.15) is 0 Å². The van der Waals surface area contributed by atoms with Crippen LogP contribution in [0.25, 0.3) is 32.7 Å². The van der Waals surface area contributed by atoms with Gasteiger partial charge in [-0.2, -0.15) is 0 Å². The summed E-state index contributed by atoms with van der Waals surface area (Å²) in [6, 6.07) is 13.7. The number of aromatic nitrogens is 2. The number of hydrogen-bond acceptors (Lipinski definition) is 2. The second kappa shape index (κ2) is 4.16. The molecule has 0 aliphatic heterocycles.